The monoisotopic (exact) mass is 152 g/mol. The molecule has 0 N–H and O–H groups in total. The van der Waals surface area contributed by atoms with Gasteiger partial charge >= 0.3 is 0 Å². The number of rotatable bonds is 2. The highest BCUT2D eigenvalue weighted by molar-refractivity contribution is 8.22. The van der Waals surface area contributed by atoms with Gasteiger partial charge < -0.3 is 0 Å². The molecule has 3 heteroatoms. The Labute approximate surface area is 60.3 Å². The van der Waals surface area contributed by atoms with E-state index in [0.29, 0.717) is 0 Å². The summed E-state index contributed by atoms with van der Waals surface area (Å²) in [5.41, 5.74) is 0. The molecule has 0 spiro atoms. The highest BCUT2D eigenvalue weighted by Crippen LogP contribution is 2.33. The second-order valence-corrected chi connectivity index (χ2v) is 4.52. The second kappa shape index (κ2) is 3.98. The Morgan fingerprint density at radius 1 is 1.14 bits per heavy atom. The zero-order chi connectivity index (χ0) is 5.86. The third-order valence-electron chi connectivity index (χ3n) is 0.295. The minimum Gasteiger partial charge on any atom is -0.159 e. The standard InChI is InChI=1S/C4H8S3/c1-3(5)7-4(2)6/h5-6H,1-2H3. The van der Waals surface area contributed by atoms with Gasteiger partial charge in [0.15, 0.2) is 0 Å². The molecule has 0 aliphatic carbocycles. The lowest BCUT2D eigenvalue weighted by atomic mass is 10.9. The van der Waals surface area contributed by atoms with Crippen LogP contribution in [-0.2, 0) is 0 Å². The molecular weight excluding hydrogens is 144 g/mol. The minimum absolute atomic E-state index is 1.03. The van der Waals surface area contributed by atoms with Crippen molar-refractivity contribution >= 4 is 37.0 Å². The zero-order valence-electron chi connectivity index (χ0n) is 4.30. The summed E-state index contributed by atoms with van der Waals surface area (Å²) in [6, 6.07) is 0. The average Bonchev–Trinajstić information content (AvgIpc) is 1.27. The van der Waals surface area contributed by atoms with Crippen LogP contribution in [-0.4, -0.2) is 0 Å². The van der Waals surface area contributed by atoms with Crippen molar-refractivity contribution in [2.24, 2.45) is 0 Å². The second-order valence-electron chi connectivity index (χ2n) is 1.14. The predicted octanol–water partition coefficient (Wildman–Crippen LogP) is 2.60. The quantitative estimate of drug-likeness (QED) is 0.574. The lowest BCUT2D eigenvalue weighted by Crippen LogP contribution is -1.72. The third kappa shape index (κ3) is 7.05. The van der Waals surface area contributed by atoms with Crippen LogP contribution in [0.5, 0.6) is 0 Å². The SMILES string of the molecule is C[C](S)S[C](C)S. The van der Waals surface area contributed by atoms with Crippen LogP contribution in [0.25, 0.3) is 0 Å². The molecule has 0 aromatic rings. The van der Waals surface area contributed by atoms with E-state index in [1.807, 2.05) is 13.8 Å². The first kappa shape index (κ1) is 8.05. The molecule has 2 radical (unpaired) electrons. The van der Waals surface area contributed by atoms with Gasteiger partial charge in [-0.1, -0.05) is 0 Å². The van der Waals surface area contributed by atoms with Crippen molar-refractivity contribution in [1.29, 1.82) is 0 Å². The van der Waals surface area contributed by atoms with E-state index in [2.05, 4.69) is 25.3 Å². The van der Waals surface area contributed by atoms with Gasteiger partial charge in [-0.15, -0.1) is 11.8 Å². The summed E-state index contributed by atoms with van der Waals surface area (Å²) in [5.74, 6) is 0. The molecule has 0 bridgehead atoms. The molecule has 0 aliphatic heterocycles. The fourth-order valence-electron chi connectivity index (χ4n) is 0.214. The summed E-state index contributed by atoms with van der Waals surface area (Å²) in [7, 11) is 0. The lowest BCUT2D eigenvalue weighted by Gasteiger charge is -2.02. The Bertz CT molecular complexity index is 36.2. The van der Waals surface area contributed by atoms with Crippen molar-refractivity contribution in [3.63, 3.8) is 0 Å². The summed E-state index contributed by atoms with van der Waals surface area (Å²) in [5, 5.41) is 0. The summed E-state index contributed by atoms with van der Waals surface area (Å²) in [4.78, 5) is 0. The Morgan fingerprint density at radius 2 is 1.43 bits per heavy atom. The summed E-state index contributed by atoms with van der Waals surface area (Å²) in [6.07, 6.45) is 0. The van der Waals surface area contributed by atoms with Crippen LogP contribution in [0.4, 0.5) is 0 Å². The zero-order valence-corrected chi connectivity index (χ0v) is 6.91. The van der Waals surface area contributed by atoms with E-state index >= 15 is 0 Å². The van der Waals surface area contributed by atoms with Crippen molar-refractivity contribution in [3.8, 4) is 0 Å². The molecular formula is C4H8S3. The number of hydrogen-bond donors (Lipinski definition) is 2. The van der Waals surface area contributed by atoms with E-state index in [0.717, 1.165) is 9.16 Å². The van der Waals surface area contributed by atoms with Crippen LogP contribution in [0, 0.1) is 9.16 Å². The summed E-state index contributed by atoms with van der Waals surface area (Å²) in [6.45, 7) is 3.88. The first-order chi connectivity index (χ1) is 3.13. The van der Waals surface area contributed by atoms with Gasteiger partial charge in [0.25, 0.3) is 0 Å². The lowest BCUT2D eigenvalue weighted by molar-refractivity contribution is 1.62. The van der Waals surface area contributed by atoms with E-state index in [4.69, 9.17) is 0 Å². The molecule has 0 heterocycles. The molecule has 42 valence electrons. The molecule has 0 aromatic carbocycles. The molecule has 0 aliphatic rings. The van der Waals surface area contributed by atoms with Crippen molar-refractivity contribution in [3.05, 3.63) is 9.16 Å². The normalized spacial score (nSPS) is 11.1. The average molecular weight is 152 g/mol. The van der Waals surface area contributed by atoms with Gasteiger partial charge in [-0.3, -0.25) is 0 Å². The molecule has 0 saturated heterocycles. The third-order valence-corrected chi connectivity index (χ3v) is 1.43. The van der Waals surface area contributed by atoms with Gasteiger partial charge in [-0.25, -0.2) is 0 Å². The van der Waals surface area contributed by atoms with Crippen LogP contribution in [0.15, 0.2) is 0 Å². The van der Waals surface area contributed by atoms with Gasteiger partial charge in [-0.2, -0.15) is 25.3 Å². The molecule has 0 atom stereocenters. The first-order valence-corrected chi connectivity index (χ1v) is 3.57. The molecule has 0 rings (SSSR count). The molecule has 0 unspecified atom stereocenters. The summed E-state index contributed by atoms with van der Waals surface area (Å²) < 4.78 is 2.07. The van der Waals surface area contributed by atoms with Crippen molar-refractivity contribution in [1.82, 2.24) is 0 Å². The maximum absolute atomic E-state index is 4.05. The number of hydrogen-bond acceptors (Lipinski definition) is 3. The van der Waals surface area contributed by atoms with Gasteiger partial charge in [-0.05, 0) is 13.8 Å². The Morgan fingerprint density at radius 3 is 1.43 bits per heavy atom. The van der Waals surface area contributed by atoms with E-state index in [1.54, 1.807) is 11.8 Å². The molecule has 7 heavy (non-hydrogen) atoms. The van der Waals surface area contributed by atoms with E-state index < -0.39 is 0 Å². The van der Waals surface area contributed by atoms with Crippen molar-refractivity contribution < 1.29 is 0 Å². The summed E-state index contributed by atoms with van der Waals surface area (Å²) >= 11 is 9.67. The maximum atomic E-state index is 4.05. The predicted molar refractivity (Wildman–Crippen MR) is 43.4 cm³/mol. The molecule has 0 fully saturated rings. The molecule has 0 saturated carbocycles. The fourth-order valence-corrected chi connectivity index (χ4v) is 1.68. The molecule has 0 aromatic heterocycles. The maximum Gasteiger partial charge on any atom is 0.0800 e. The minimum atomic E-state index is 1.03. The van der Waals surface area contributed by atoms with Gasteiger partial charge in [0, 0.05) is 0 Å². The van der Waals surface area contributed by atoms with Crippen LogP contribution in [0.1, 0.15) is 13.8 Å². The first-order valence-electron chi connectivity index (χ1n) is 1.86. The van der Waals surface area contributed by atoms with Crippen LogP contribution in [0.2, 0.25) is 0 Å². The topological polar surface area (TPSA) is 0 Å². The van der Waals surface area contributed by atoms with Gasteiger partial charge in [0.05, 0.1) is 9.16 Å². The van der Waals surface area contributed by atoms with E-state index in [1.165, 1.54) is 0 Å². The van der Waals surface area contributed by atoms with Gasteiger partial charge in [0.2, 0.25) is 0 Å². The molecule has 0 nitrogen and oxygen atoms in total. The Kier molecular flexibility index (Phi) is 4.58. The van der Waals surface area contributed by atoms with Gasteiger partial charge in [0.1, 0.15) is 0 Å². The number of thiol groups is 2. The largest absolute Gasteiger partial charge is 0.159 e. The fraction of sp³-hybridized carbons (Fsp3) is 0.500. The van der Waals surface area contributed by atoms with E-state index in [9.17, 15) is 0 Å². The molecule has 0 amide bonds. The highest BCUT2D eigenvalue weighted by Gasteiger charge is 1.99. The highest BCUT2D eigenvalue weighted by atomic mass is 32.2. The van der Waals surface area contributed by atoms with Crippen LogP contribution < -0.4 is 0 Å². The number of thioether (sulfide) groups is 1. The van der Waals surface area contributed by atoms with Crippen LogP contribution >= 0.6 is 37.0 Å². The Hall–Kier alpha value is 1.05. The van der Waals surface area contributed by atoms with E-state index in [-0.39, 0.29) is 0 Å². The Balaban J connectivity index is 2.95. The van der Waals surface area contributed by atoms with Crippen LogP contribution in [0.3, 0.4) is 0 Å². The van der Waals surface area contributed by atoms with Crippen molar-refractivity contribution in [2.75, 3.05) is 0 Å². The smallest absolute Gasteiger partial charge is 0.0800 e. The van der Waals surface area contributed by atoms with Crippen molar-refractivity contribution in [2.45, 2.75) is 13.8 Å².